The molecule has 0 spiro atoms. The number of rotatable bonds is 4. The van der Waals surface area contributed by atoms with E-state index in [-0.39, 0.29) is 6.61 Å². The highest BCUT2D eigenvalue weighted by molar-refractivity contribution is 4.92. The normalized spacial score (nSPS) is 12.3. The van der Waals surface area contributed by atoms with Gasteiger partial charge in [0.05, 0.1) is 0 Å². The smallest absolute Gasteiger partial charge is 0.307 e. The molecule has 0 radical (unpaired) electrons. The van der Waals surface area contributed by atoms with Crippen LogP contribution in [0.15, 0.2) is 24.5 Å². The Hall–Kier alpha value is -0.930. The third kappa shape index (κ3) is 3.17. The number of hydrogen-bond acceptors (Lipinski definition) is 1. The largest absolute Gasteiger partial charge is 0.465 e. The lowest BCUT2D eigenvalue weighted by Crippen LogP contribution is -1.90. The van der Waals surface area contributed by atoms with Gasteiger partial charge >= 0.3 is 6.01 Å². The second-order valence-corrected chi connectivity index (χ2v) is 1.41. The summed E-state index contributed by atoms with van der Waals surface area (Å²) < 4.78 is 39.1. The van der Waals surface area contributed by atoms with Gasteiger partial charge in [0.1, 0.15) is 13.3 Å². The maximum Gasteiger partial charge on any atom is 0.307 e. The minimum absolute atomic E-state index is 0.167. The predicted molar refractivity (Wildman–Crippen MR) is 31.4 cm³/mol. The zero-order valence-electron chi connectivity index (χ0n) is 5.24. The zero-order chi connectivity index (χ0) is 7.98. The van der Waals surface area contributed by atoms with Gasteiger partial charge in [0.25, 0.3) is 0 Å². The van der Waals surface area contributed by atoms with Crippen LogP contribution in [0.25, 0.3) is 0 Å². The molecule has 0 heterocycles. The fourth-order valence-electron chi connectivity index (χ4n) is 0.263. The molecular formula is C6H7F3O. The van der Waals surface area contributed by atoms with Crippen molar-refractivity contribution in [3.05, 3.63) is 24.5 Å². The van der Waals surface area contributed by atoms with Crippen molar-refractivity contribution in [3.8, 4) is 0 Å². The molecule has 0 saturated heterocycles. The number of hydrogen-bond donors (Lipinski definition) is 0. The average Bonchev–Trinajstić information content (AvgIpc) is 1.98. The molecule has 0 aliphatic rings. The first-order valence-corrected chi connectivity index (χ1v) is 2.56. The number of alkyl halides is 1. The minimum atomic E-state index is -1.53. The highest BCUT2D eigenvalue weighted by atomic mass is 19.2. The van der Waals surface area contributed by atoms with Crippen LogP contribution >= 0.6 is 0 Å². The van der Waals surface area contributed by atoms with Crippen molar-refractivity contribution in [1.29, 1.82) is 0 Å². The Bertz CT molecular complexity index is 142. The van der Waals surface area contributed by atoms with Gasteiger partial charge in [-0.15, -0.1) is 0 Å². The molecular weight excluding hydrogens is 145 g/mol. The summed E-state index contributed by atoms with van der Waals surface area (Å²) in [6.07, 6.45) is 1.23. The Morgan fingerprint density at radius 3 is 2.50 bits per heavy atom. The average molecular weight is 152 g/mol. The van der Waals surface area contributed by atoms with Crippen LogP contribution in [0, 0.1) is 0 Å². The summed E-state index contributed by atoms with van der Waals surface area (Å²) in [5.41, 5.74) is 0. The fraction of sp³-hybridized carbons (Fsp3) is 0.333. The van der Waals surface area contributed by atoms with Gasteiger partial charge in [-0.25, -0.2) is 8.78 Å². The second-order valence-electron chi connectivity index (χ2n) is 1.41. The van der Waals surface area contributed by atoms with Crippen molar-refractivity contribution in [2.75, 3.05) is 13.3 Å². The minimum Gasteiger partial charge on any atom is -0.465 e. The second kappa shape index (κ2) is 4.90. The summed E-state index contributed by atoms with van der Waals surface area (Å²) in [5.74, 6) is -1.53. The SMILES string of the molecule is C=CCO/C(F)=C(/F)CF. The van der Waals surface area contributed by atoms with Gasteiger partial charge in [0.15, 0.2) is 0 Å². The quantitative estimate of drug-likeness (QED) is 0.443. The van der Waals surface area contributed by atoms with Crippen molar-refractivity contribution >= 4 is 0 Å². The molecule has 0 fully saturated rings. The summed E-state index contributed by atoms with van der Waals surface area (Å²) >= 11 is 0. The van der Waals surface area contributed by atoms with Gasteiger partial charge in [-0.05, 0) is 0 Å². The van der Waals surface area contributed by atoms with E-state index in [1.54, 1.807) is 0 Å². The van der Waals surface area contributed by atoms with Crippen molar-refractivity contribution < 1.29 is 17.9 Å². The van der Waals surface area contributed by atoms with Crippen molar-refractivity contribution in [3.63, 3.8) is 0 Å². The number of ether oxygens (including phenoxy) is 1. The van der Waals surface area contributed by atoms with E-state index in [9.17, 15) is 13.2 Å². The molecule has 0 saturated carbocycles. The highest BCUT2D eigenvalue weighted by Gasteiger charge is 2.04. The van der Waals surface area contributed by atoms with Crippen LogP contribution in [-0.4, -0.2) is 13.3 Å². The molecule has 0 bridgehead atoms. The van der Waals surface area contributed by atoms with Crippen LogP contribution < -0.4 is 0 Å². The first-order chi connectivity index (χ1) is 4.72. The Balaban J connectivity index is 3.79. The molecule has 0 unspecified atom stereocenters. The Morgan fingerprint density at radius 2 is 2.10 bits per heavy atom. The van der Waals surface area contributed by atoms with Crippen LogP contribution in [0.2, 0.25) is 0 Å². The summed E-state index contributed by atoms with van der Waals surface area (Å²) in [6.45, 7) is 1.54. The van der Waals surface area contributed by atoms with E-state index < -0.39 is 18.5 Å². The van der Waals surface area contributed by atoms with Gasteiger partial charge in [-0.3, -0.25) is 0 Å². The Labute approximate surface area is 56.8 Å². The maximum atomic E-state index is 12.0. The van der Waals surface area contributed by atoms with Crippen molar-refractivity contribution in [2.24, 2.45) is 0 Å². The predicted octanol–water partition coefficient (Wildman–Crippen LogP) is 2.27. The van der Waals surface area contributed by atoms with Gasteiger partial charge in [0.2, 0.25) is 5.83 Å². The number of allylic oxidation sites excluding steroid dienone is 1. The van der Waals surface area contributed by atoms with Crippen molar-refractivity contribution in [1.82, 2.24) is 0 Å². The third-order valence-corrected chi connectivity index (χ3v) is 0.659. The molecule has 0 aliphatic heterocycles. The summed E-state index contributed by atoms with van der Waals surface area (Å²) in [4.78, 5) is 0. The molecule has 0 atom stereocenters. The van der Waals surface area contributed by atoms with E-state index in [1.807, 2.05) is 0 Å². The van der Waals surface area contributed by atoms with Gasteiger partial charge < -0.3 is 4.74 Å². The lowest BCUT2D eigenvalue weighted by molar-refractivity contribution is 0.153. The standard InChI is InChI=1S/C6H7F3O/c1-2-3-10-6(9)5(8)4-7/h2H,1,3-4H2/b6-5+. The lowest BCUT2D eigenvalue weighted by Gasteiger charge is -1.97. The van der Waals surface area contributed by atoms with Gasteiger partial charge in [0, 0.05) is 0 Å². The molecule has 1 nitrogen and oxygen atoms in total. The Kier molecular flexibility index (Phi) is 4.45. The molecule has 0 aromatic rings. The fourth-order valence-corrected chi connectivity index (χ4v) is 0.263. The zero-order valence-corrected chi connectivity index (χ0v) is 5.24. The van der Waals surface area contributed by atoms with E-state index in [1.165, 1.54) is 6.08 Å². The summed E-state index contributed by atoms with van der Waals surface area (Å²) in [7, 11) is 0. The molecule has 10 heavy (non-hydrogen) atoms. The summed E-state index contributed by atoms with van der Waals surface area (Å²) in [5, 5.41) is 0. The summed E-state index contributed by atoms with van der Waals surface area (Å²) in [6, 6.07) is -1.51. The first kappa shape index (κ1) is 9.07. The molecule has 0 amide bonds. The van der Waals surface area contributed by atoms with Crippen LogP contribution in [0.5, 0.6) is 0 Å². The highest BCUT2D eigenvalue weighted by Crippen LogP contribution is 2.09. The molecule has 0 aromatic heterocycles. The van der Waals surface area contributed by atoms with E-state index in [4.69, 9.17) is 0 Å². The van der Waals surface area contributed by atoms with Crippen LogP contribution in [-0.2, 0) is 4.74 Å². The van der Waals surface area contributed by atoms with Crippen LogP contribution in [0.1, 0.15) is 0 Å². The molecule has 0 aliphatic carbocycles. The molecule has 0 N–H and O–H groups in total. The molecule has 4 heteroatoms. The Morgan fingerprint density at radius 1 is 1.50 bits per heavy atom. The number of halogens is 3. The van der Waals surface area contributed by atoms with Crippen LogP contribution in [0.4, 0.5) is 13.2 Å². The third-order valence-electron chi connectivity index (χ3n) is 0.659. The molecule has 0 aromatic carbocycles. The molecule has 58 valence electrons. The van der Waals surface area contributed by atoms with Gasteiger partial charge in [-0.1, -0.05) is 12.7 Å². The lowest BCUT2D eigenvalue weighted by atomic mass is 10.6. The van der Waals surface area contributed by atoms with Gasteiger partial charge in [-0.2, -0.15) is 4.39 Å². The van der Waals surface area contributed by atoms with E-state index in [0.29, 0.717) is 0 Å². The molecule has 0 rings (SSSR count). The van der Waals surface area contributed by atoms with E-state index in [0.717, 1.165) is 0 Å². The maximum absolute atomic E-state index is 12.0. The first-order valence-electron chi connectivity index (χ1n) is 2.56. The van der Waals surface area contributed by atoms with E-state index >= 15 is 0 Å². The monoisotopic (exact) mass is 152 g/mol. The van der Waals surface area contributed by atoms with E-state index in [2.05, 4.69) is 11.3 Å². The van der Waals surface area contributed by atoms with Crippen LogP contribution in [0.3, 0.4) is 0 Å². The topological polar surface area (TPSA) is 9.23 Å². The van der Waals surface area contributed by atoms with Crippen molar-refractivity contribution in [2.45, 2.75) is 0 Å².